The summed E-state index contributed by atoms with van der Waals surface area (Å²) in [5.74, 6) is 0.649. The maximum absolute atomic E-state index is 3.55. The number of fused-ring (bicyclic) bond motifs is 1. The lowest BCUT2D eigenvalue weighted by Gasteiger charge is -2.26. The molecule has 1 heterocycles. The Morgan fingerprint density at radius 1 is 1.05 bits per heavy atom. The fourth-order valence-corrected chi connectivity index (χ4v) is 2.68. The van der Waals surface area contributed by atoms with Gasteiger partial charge in [-0.05, 0) is 23.6 Å². The first-order chi connectivity index (χ1) is 9.33. The maximum atomic E-state index is 3.55. The molecule has 0 aliphatic carbocycles. The van der Waals surface area contributed by atoms with Crippen molar-refractivity contribution < 1.29 is 0 Å². The van der Waals surface area contributed by atoms with Crippen LogP contribution in [0.15, 0.2) is 54.6 Å². The number of nitrogens with zero attached hydrogens (tertiary/aromatic N) is 1. The fourth-order valence-electron chi connectivity index (χ4n) is 2.68. The molecule has 3 rings (SSSR count). The van der Waals surface area contributed by atoms with Crippen LogP contribution in [0.2, 0.25) is 0 Å². The molecule has 1 N–H and O–H groups in total. The Kier molecular flexibility index (Phi) is 3.41. The summed E-state index contributed by atoms with van der Waals surface area (Å²) in [4.78, 5) is 2.48. The molecule has 0 saturated carbocycles. The van der Waals surface area contributed by atoms with Gasteiger partial charge in [-0.3, -0.25) is 0 Å². The Hall–Kier alpha value is -1.96. The van der Waals surface area contributed by atoms with Gasteiger partial charge in [-0.2, -0.15) is 0 Å². The van der Waals surface area contributed by atoms with Gasteiger partial charge in [0.05, 0.1) is 11.4 Å². The molecule has 0 bridgehead atoms. The SMILES string of the molecule is C[C@@H]1CNc2ccccc2N(Cc2ccccc2)C1. The van der Waals surface area contributed by atoms with Gasteiger partial charge in [-0.25, -0.2) is 0 Å². The number of nitrogens with one attached hydrogen (secondary N) is 1. The molecule has 0 radical (unpaired) electrons. The first kappa shape index (κ1) is 12.1. The van der Waals surface area contributed by atoms with Crippen molar-refractivity contribution in [3.8, 4) is 0 Å². The third-order valence-electron chi connectivity index (χ3n) is 3.63. The van der Waals surface area contributed by atoms with Crippen LogP contribution in [0.3, 0.4) is 0 Å². The quantitative estimate of drug-likeness (QED) is 0.875. The third kappa shape index (κ3) is 2.73. The molecule has 1 aliphatic rings. The zero-order valence-corrected chi connectivity index (χ0v) is 11.3. The van der Waals surface area contributed by atoms with Crippen molar-refractivity contribution in [2.45, 2.75) is 13.5 Å². The second-order valence-electron chi connectivity index (χ2n) is 5.37. The molecule has 98 valence electrons. The van der Waals surface area contributed by atoms with E-state index in [1.54, 1.807) is 0 Å². The van der Waals surface area contributed by atoms with Crippen molar-refractivity contribution in [3.05, 3.63) is 60.2 Å². The van der Waals surface area contributed by atoms with Crippen LogP contribution in [0.25, 0.3) is 0 Å². The number of para-hydroxylation sites is 2. The summed E-state index contributed by atoms with van der Waals surface area (Å²) < 4.78 is 0. The van der Waals surface area contributed by atoms with Crippen molar-refractivity contribution >= 4 is 11.4 Å². The highest BCUT2D eigenvalue weighted by Crippen LogP contribution is 2.30. The molecule has 1 atom stereocenters. The van der Waals surface area contributed by atoms with Crippen LogP contribution < -0.4 is 10.2 Å². The Morgan fingerprint density at radius 2 is 1.79 bits per heavy atom. The second kappa shape index (κ2) is 5.35. The molecule has 0 amide bonds. The third-order valence-corrected chi connectivity index (χ3v) is 3.63. The van der Waals surface area contributed by atoms with Gasteiger partial charge >= 0.3 is 0 Å². The first-order valence-electron chi connectivity index (χ1n) is 6.95. The molecule has 0 unspecified atom stereocenters. The second-order valence-corrected chi connectivity index (χ2v) is 5.37. The van der Waals surface area contributed by atoms with Gasteiger partial charge in [0, 0.05) is 19.6 Å². The Balaban J connectivity index is 1.90. The molecule has 1 aliphatic heterocycles. The van der Waals surface area contributed by atoms with E-state index in [9.17, 15) is 0 Å². The summed E-state index contributed by atoms with van der Waals surface area (Å²) in [6, 6.07) is 19.3. The highest BCUT2D eigenvalue weighted by atomic mass is 15.2. The Morgan fingerprint density at radius 3 is 2.63 bits per heavy atom. The number of hydrogen-bond donors (Lipinski definition) is 1. The van der Waals surface area contributed by atoms with Gasteiger partial charge in [-0.15, -0.1) is 0 Å². The largest absolute Gasteiger partial charge is 0.383 e. The molecule has 19 heavy (non-hydrogen) atoms. The van der Waals surface area contributed by atoms with E-state index < -0.39 is 0 Å². The van der Waals surface area contributed by atoms with Crippen LogP contribution in [0.5, 0.6) is 0 Å². The minimum Gasteiger partial charge on any atom is -0.383 e. The summed E-state index contributed by atoms with van der Waals surface area (Å²) in [7, 11) is 0. The summed E-state index contributed by atoms with van der Waals surface area (Å²) in [6.45, 7) is 5.42. The molecular formula is C17H20N2. The lowest BCUT2D eigenvalue weighted by atomic mass is 10.1. The molecule has 2 nitrogen and oxygen atoms in total. The van der Waals surface area contributed by atoms with Crippen molar-refractivity contribution in [3.63, 3.8) is 0 Å². The monoisotopic (exact) mass is 252 g/mol. The van der Waals surface area contributed by atoms with Crippen molar-refractivity contribution in [1.82, 2.24) is 0 Å². The van der Waals surface area contributed by atoms with Crippen molar-refractivity contribution in [2.75, 3.05) is 23.3 Å². The number of hydrogen-bond acceptors (Lipinski definition) is 2. The molecule has 2 aromatic carbocycles. The summed E-state index contributed by atoms with van der Waals surface area (Å²) >= 11 is 0. The summed E-state index contributed by atoms with van der Waals surface area (Å²) in [6.07, 6.45) is 0. The van der Waals surface area contributed by atoms with E-state index in [0.717, 1.165) is 19.6 Å². The Bertz CT molecular complexity index is 536. The van der Waals surface area contributed by atoms with Crippen LogP contribution in [0.1, 0.15) is 12.5 Å². The van der Waals surface area contributed by atoms with Crippen molar-refractivity contribution in [1.29, 1.82) is 0 Å². The van der Waals surface area contributed by atoms with Gasteiger partial charge in [0.2, 0.25) is 0 Å². The van der Waals surface area contributed by atoms with Gasteiger partial charge in [-0.1, -0.05) is 49.4 Å². The fraction of sp³-hybridized carbons (Fsp3) is 0.294. The highest BCUT2D eigenvalue weighted by molar-refractivity contribution is 5.70. The van der Waals surface area contributed by atoms with E-state index in [1.165, 1.54) is 16.9 Å². The maximum Gasteiger partial charge on any atom is 0.0605 e. The van der Waals surface area contributed by atoms with Gasteiger partial charge in [0.1, 0.15) is 0 Å². The number of anilines is 2. The van der Waals surface area contributed by atoms with Crippen LogP contribution in [-0.4, -0.2) is 13.1 Å². The minimum atomic E-state index is 0.649. The van der Waals surface area contributed by atoms with Gasteiger partial charge < -0.3 is 10.2 Å². The van der Waals surface area contributed by atoms with Gasteiger partial charge in [0.25, 0.3) is 0 Å². The summed E-state index contributed by atoms with van der Waals surface area (Å²) in [5.41, 5.74) is 3.94. The Labute approximate surface area is 115 Å². The van der Waals surface area contributed by atoms with E-state index in [2.05, 4.69) is 71.7 Å². The predicted octanol–water partition coefficient (Wildman–Crippen LogP) is 3.75. The number of benzene rings is 2. The van der Waals surface area contributed by atoms with E-state index in [4.69, 9.17) is 0 Å². The molecule has 2 heteroatoms. The van der Waals surface area contributed by atoms with Crippen molar-refractivity contribution in [2.24, 2.45) is 5.92 Å². The average molecular weight is 252 g/mol. The summed E-state index contributed by atoms with van der Waals surface area (Å²) in [5, 5.41) is 3.55. The molecule has 0 fully saturated rings. The standard InChI is InChI=1S/C17H20N2/c1-14-11-18-16-9-5-6-10-17(16)19(12-14)13-15-7-3-2-4-8-15/h2-10,14,18H,11-13H2,1H3/t14-/m1/s1. The molecule has 2 aromatic rings. The lowest BCUT2D eigenvalue weighted by Crippen LogP contribution is -2.27. The van der Waals surface area contributed by atoms with E-state index >= 15 is 0 Å². The minimum absolute atomic E-state index is 0.649. The number of rotatable bonds is 2. The topological polar surface area (TPSA) is 15.3 Å². The van der Waals surface area contributed by atoms with Crippen LogP contribution in [0, 0.1) is 5.92 Å². The van der Waals surface area contributed by atoms with E-state index in [-0.39, 0.29) is 0 Å². The van der Waals surface area contributed by atoms with Crippen LogP contribution in [-0.2, 0) is 6.54 Å². The van der Waals surface area contributed by atoms with Gasteiger partial charge in [0.15, 0.2) is 0 Å². The molecule has 0 saturated heterocycles. The zero-order valence-electron chi connectivity index (χ0n) is 11.3. The highest BCUT2D eigenvalue weighted by Gasteiger charge is 2.18. The molecule has 0 aromatic heterocycles. The van der Waals surface area contributed by atoms with E-state index in [0.29, 0.717) is 5.92 Å². The lowest BCUT2D eigenvalue weighted by molar-refractivity contribution is 0.594. The first-order valence-corrected chi connectivity index (χ1v) is 6.95. The van der Waals surface area contributed by atoms with Crippen LogP contribution in [0.4, 0.5) is 11.4 Å². The predicted molar refractivity (Wildman–Crippen MR) is 81.6 cm³/mol. The molecular weight excluding hydrogens is 232 g/mol. The van der Waals surface area contributed by atoms with E-state index in [1.807, 2.05) is 0 Å². The zero-order chi connectivity index (χ0) is 13.1. The van der Waals surface area contributed by atoms with Crippen LogP contribution >= 0.6 is 0 Å². The molecule has 0 spiro atoms. The normalized spacial score (nSPS) is 18.4. The average Bonchev–Trinajstić information content (AvgIpc) is 2.60. The smallest absolute Gasteiger partial charge is 0.0605 e.